The normalized spacial score (nSPS) is 12.5. The molecule has 1 heterocycles. The number of carbonyl (C=O) groups is 1. The molecule has 6 heteroatoms. The number of fused-ring (bicyclic) bond motifs is 1. The third-order valence-corrected chi connectivity index (χ3v) is 5.82. The van der Waals surface area contributed by atoms with E-state index < -0.39 is 5.44 Å². The number of nitrogens with one attached hydrogen (secondary N) is 1. The van der Waals surface area contributed by atoms with E-state index in [9.17, 15) is 4.79 Å². The topological polar surface area (TPSA) is 42.1 Å². The van der Waals surface area contributed by atoms with E-state index in [0.29, 0.717) is 10.7 Å². The maximum Gasteiger partial charge on any atom is 0.218 e. The van der Waals surface area contributed by atoms with Crippen molar-refractivity contribution < 1.29 is 9.53 Å². The van der Waals surface area contributed by atoms with Gasteiger partial charge in [0.05, 0.1) is 10.7 Å². The molecule has 0 aliphatic carbocycles. The zero-order valence-electron chi connectivity index (χ0n) is 13.1. The second-order valence-electron chi connectivity index (χ2n) is 5.22. The minimum absolute atomic E-state index is 0.0905. The maximum absolute atomic E-state index is 12.9. The predicted octanol–water partition coefficient (Wildman–Crippen LogP) is 5.77. The summed E-state index contributed by atoms with van der Waals surface area (Å²) in [4.78, 5) is 16.2. The minimum Gasteiger partial charge on any atom is -0.362 e. The van der Waals surface area contributed by atoms with Crippen LogP contribution in [-0.2, 0) is 4.74 Å². The van der Waals surface area contributed by atoms with Crippen molar-refractivity contribution in [3.63, 3.8) is 0 Å². The molecular weight excluding hydrogens is 410 g/mol. The van der Waals surface area contributed by atoms with Crippen LogP contribution in [0.2, 0.25) is 5.02 Å². The van der Waals surface area contributed by atoms with E-state index in [1.807, 2.05) is 48.7 Å². The fourth-order valence-corrected chi connectivity index (χ4v) is 3.74. The van der Waals surface area contributed by atoms with Crippen molar-refractivity contribution in [1.82, 2.24) is 4.98 Å². The van der Waals surface area contributed by atoms with Crippen molar-refractivity contribution in [3.05, 3.63) is 57.7 Å². The molecule has 0 fully saturated rings. The van der Waals surface area contributed by atoms with Gasteiger partial charge in [-0.25, -0.2) is 0 Å². The van der Waals surface area contributed by atoms with Crippen molar-refractivity contribution in [3.8, 4) is 11.1 Å². The number of benzene rings is 2. The quantitative estimate of drug-likeness (QED) is 0.417. The number of hydrogen-bond donors (Lipinski definition) is 1. The first-order valence-corrected chi connectivity index (χ1v) is 9.68. The Labute approximate surface area is 157 Å². The van der Waals surface area contributed by atoms with Gasteiger partial charge in [0.2, 0.25) is 5.78 Å². The highest BCUT2D eigenvalue weighted by Gasteiger charge is 2.26. The van der Waals surface area contributed by atoms with Gasteiger partial charge < -0.3 is 9.72 Å². The van der Waals surface area contributed by atoms with E-state index in [0.717, 1.165) is 26.5 Å². The third-order valence-electron chi connectivity index (χ3n) is 3.79. The molecule has 124 valence electrons. The third kappa shape index (κ3) is 3.14. The van der Waals surface area contributed by atoms with Crippen molar-refractivity contribution in [1.29, 1.82) is 0 Å². The number of thioether (sulfide) groups is 1. The molecule has 0 saturated heterocycles. The molecule has 0 bridgehead atoms. The number of rotatable bonds is 5. The smallest absolute Gasteiger partial charge is 0.218 e. The number of carbonyl (C=O) groups excluding carboxylic acids is 1. The lowest BCUT2D eigenvalue weighted by Gasteiger charge is -2.12. The Bertz CT molecular complexity index is 891. The van der Waals surface area contributed by atoms with Crippen LogP contribution < -0.4 is 0 Å². The fourth-order valence-electron chi connectivity index (χ4n) is 2.71. The van der Waals surface area contributed by atoms with Crippen LogP contribution in [0.25, 0.3) is 22.0 Å². The number of Topliss-reactive ketones (excluding diaryl/α,β-unsaturated/α-hetero) is 1. The molecule has 3 nitrogen and oxygen atoms in total. The van der Waals surface area contributed by atoms with Gasteiger partial charge in [-0.1, -0.05) is 41.9 Å². The SMILES string of the molecule is COC(SC)C(=O)c1[nH]c2cc(Cl)c(Br)cc2c1-c1ccccc1. The fraction of sp³-hybridized carbons (Fsp3) is 0.167. The second-order valence-corrected chi connectivity index (χ2v) is 7.38. The molecule has 1 unspecified atom stereocenters. The van der Waals surface area contributed by atoms with Crippen molar-refractivity contribution >= 4 is 56.0 Å². The van der Waals surface area contributed by atoms with Gasteiger partial charge in [-0.3, -0.25) is 4.79 Å². The molecule has 24 heavy (non-hydrogen) atoms. The lowest BCUT2D eigenvalue weighted by atomic mass is 10.0. The van der Waals surface area contributed by atoms with Gasteiger partial charge in [-0.05, 0) is 39.9 Å². The van der Waals surface area contributed by atoms with Crippen LogP contribution in [0.3, 0.4) is 0 Å². The van der Waals surface area contributed by atoms with Crippen LogP contribution in [-0.4, -0.2) is 29.6 Å². The lowest BCUT2D eigenvalue weighted by molar-refractivity contribution is 0.0791. The molecule has 2 aromatic carbocycles. The molecular formula is C18H15BrClNO2S. The molecule has 0 radical (unpaired) electrons. The summed E-state index contributed by atoms with van der Waals surface area (Å²) in [6, 6.07) is 13.6. The summed E-state index contributed by atoms with van der Waals surface area (Å²) in [6.45, 7) is 0. The second kappa shape index (κ2) is 7.31. The van der Waals surface area contributed by atoms with Gasteiger partial charge in [0.1, 0.15) is 0 Å². The Balaban J connectivity index is 2.30. The first kappa shape index (κ1) is 17.5. The highest BCUT2D eigenvalue weighted by Crippen LogP contribution is 2.38. The van der Waals surface area contributed by atoms with Gasteiger partial charge in [-0.15, -0.1) is 11.8 Å². The summed E-state index contributed by atoms with van der Waals surface area (Å²) in [5.74, 6) is -0.0905. The van der Waals surface area contributed by atoms with E-state index in [2.05, 4.69) is 20.9 Å². The van der Waals surface area contributed by atoms with Crippen LogP contribution >= 0.6 is 39.3 Å². The molecule has 1 aromatic heterocycles. The standard InChI is InChI=1S/C18H15BrClNO2S/c1-23-18(24-2)17(22)16-15(10-6-4-3-5-7-10)11-8-12(19)13(20)9-14(11)21-16/h3-9,18,21H,1-2H3. The summed E-state index contributed by atoms with van der Waals surface area (Å²) in [5.41, 5.74) is 2.63. The molecule has 0 aliphatic heterocycles. The molecule has 0 amide bonds. The summed E-state index contributed by atoms with van der Waals surface area (Å²) in [6.07, 6.45) is 1.85. The van der Waals surface area contributed by atoms with Crippen LogP contribution in [0, 0.1) is 0 Å². The molecule has 1 N–H and O–H groups in total. The minimum atomic E-state index is -0.556. The Morgan fingerprint density at radius 2 is 2.00 bits per heavy atom. The molecule has 3 rings (SSSR count). The Hall–Kier alpha value is -1.27. The van der Waals surface area contributed by atoms with Gasteiger partial charge in [0, 0.05) is 28.0 Å². The van der Waals surface area contributed by atoms with Gasteiger partial charge >= 0.3 is 0 Å². The summed E-state index contributed by atoms with van der Waals surface area (Å²) < 4.78 is 6.10. The lowest BCUT2D eigenvalue weighted by Crippen LogP contribution is -2.20. The molecule has 1 atom stereocenters. The zero-order valence-corrected chi connectivity index (χ0v) is 16.3. The number of aromatic amines is 1. The summed E-state index contributed by atoms with van der Waals surface area (Å²) in [5, 5.41) is 1.53. The maximum atomic E-state index is 12.9. The van der Waals surface area contributed by atoms with E-state index >= 15 is 0 Å². The summed E-state index contributed by atoms with van der Waals surface area (Å²) >= 11 is 11.0. The number of aromatic nitrogens is 1. The number of hydrogen-bond acceptors (Lipinski definition) is 3. The largest absolute Gasteiger partial charge is 0.362 e. The van der Waals surface area contributed by atoms with Gasteiger partial charge in [-0.2, -0.15) is 0 Å². The van der Waals surface area contributed by atoms with Crippen molar-refractivity contribution in [2.75, 3.05) is 13.4 Å². The Morgan fingerprint density at radius 1 is 1.29 bits per heavy atom. The van der Waals surface area contributed by atoms with Gasteiger partial charge in [0.25, 0.3) is 0 Å². The van der Waals surface area contributed by atoms with Crippen molar-refractivity contribution in [2.45, 2.75) is 5.44 Å². The predicted molar refractivity (Wildman–Crippen MR) is 105 cm³/mol. The van der Waals surface area contributed by atoms with E-state index in [1.165, 1.54) is 18.9 Å². The van der Waals surface area contributed by atoms with Crippen LogP contribution in [0.5, 0.6) is 0 Å². The molecule has 3 aromatic rings. The number of halogens is 2. The number of methoxy groups -OCH3 is 1. The van der Waals surface area contributed by atoms with Crippen molar-refractivity contribution in [2.24, 2.45) is 0 Å². The van der Waals surface area contributed by atoms with Crippen LogP contribution in [0.4, 0.5) is 0 Å². The van der Waals surface area contributed by atoms with E-state index in [1.54, 1.807) is 0 Å². The zero-order chi connectivity index (χ0) is 17.3. The molecule has 0 aliphatic rings. The first-order chi connectivity index (χ1) is 11.6. The molecule has 0 spiro atoms. The summed E-state index contributed by atoms with van der Waals surface area (Å²) in [7, 11) is 1.54. The average molecular weight is 425 g/mol. The number of ether oxygens (including phenoxy) is 1. The highest BCUT2D eigenvalue weighted by atomic mass is 79.9. The molecule has 0 saturated carbocycles. The van der Waals surface area contributed by atoms with Gasteiger partial charge in [0.15, 0.2) is 5.44 Å². The van der Waals surface area contributed by atoms with E-state index in [4.69, 9.17) is 16.3 Å². The van der Waals surface area contributed by atoms with Crippen LogP contribution in [0.1, 0.15) is 10.5 Å². The van der Waals surface area contributed by atoms with Crippen LogP contribution in [0.15, 0.2) is 46.9 Å². The Morgan fingerprint density at radius 3 is 2.62 bits per heavy atom. The number of ketones is 1. The first-order valence-electron chi connectivity index (χ1n) is 7.22. The van der Waals surface area contributed by atoms with E-state index in [-0.39, 0.29) is 5.78 Å². The Kier molecular flexibility index (Phi) is 5.35. The highest BCUT2D eigenvalue weighted by molar-refractivity contribution is 9.10. The number of H-pyrrole nitrogens is 1. The average Bonchev–Trinajstić information content (AvgIpc) is 2.95. The monoisotopic (exact) mass is 423 g/mol.